The fraction of sp³-hybridized carbons (Fsp3) is 0.556. The van der Waals surface area contributed by atoms with Crippen LogP contribution in [-0.4, -0.2) is 74.5 Å². The highest BCUT2D eigenvalue weighted by Gasteiger charge is 2.35. The summed E-state index contributed by atoms with van der Waals surface area (Å²) in [6.07, 6.45) is -0.276. The van der Waals surface area contributed by atoms with E-state index >= 15 is 0 Å². The highest BCUT2D eigenvalue weighted by molar-refractivity contribution is 7.92. The molecular formula is C18H25FN2O6S. The van der Waals surface area contributed by atoms with Crippen molar-refractivity contribution in [1.29, 1.82) is 0 Å². The molecule has 0 spiro atoms. The molecule has 1 aromatic rings. The zero-order chi connectivity index (χ0) is 21.5. The fourth-order valence-corrected chi connectivity index (χ4v) is 4.36. The summed E-state index contributed by atoms with van der Waals surface area (Å²) in [5.41, 5.74) is -0.652. The summed E-state index contributed by atoms with van der Waals surface area (Å²) in [4.78, 5) is 32.0. The molecule has 1 atom stereocenters. The van der Waals surface area contributed by atoms with Crippen LogP contribution in [0.15, 0.2) is 29.2 Å². The Balaban J connectivity index is 0.00000122. The van der Waals surface area contributed by atoms with E-state index in [1.54, 1.807) is 20.8 Å². The second-order valence-corrected chi connectivity index (χ2v) is 9.62. The van der Waals surface area contributed by atoms with Gasteiger partial charge in [0, 0.05) is 26.2 Å². The molecule has 1 saturated heterocycles. The summed E-state index contributed by atoms with van der Waals surface area (Å²) >= 11 is 0. The van der Waals surface area contributed by atoms with E-state index in [4.69, 9.17) is 14.3 Å². The molecule has 1 heterocycles. The molecule has 1 aliphatic heterocycles. The number of ether oxygens (including phenoxy) is 1. The Kier molecular flexibility index (Phi) is 8.29. The number of rotatable bonds is 2. The number of sulfone groups is 1. The maximum absolute atomic E-state index is 13.1. The van der Waals surface area contributed by atoms with Crippen molar-refractivity contribution in [3.63, 3.8) is 0 Å². The van der Waals surface area contributed by atoms with Crippen molar-refractivity contribution >= 4 is 22.1 Å². The Labute approximate surface area is 164 Å². The van der Waals surface area contributed by atoms with Gasteiger partial charge in [0.1, 0.15) is 11.4 Å². The number of nitrogens with zero attached hydrogens (tertiary/aromatic N) is 2. The van der Waals surface area contributed by atoms with Gasteiger partial charge in [0.05, 0.1) is 10.1 Å². The van der Waals surface area contributed by atoms with Gasteiger partial charge in [-0.25, -0.2) is 17.6 Å². The standard InChI is InChI=1S/C17H25FN2O4S.CO2/c1-17(2,3)24-16(21)20-10-9-19(4)11-15(12-20)25(22,23)14-7-5-13(18)6-8-14;2-1-3/h5-8,15H,9-12H2,1-4H3;. The van der Waals surface area contributed by atoms with Gasteiger partial charge >= 0.3 is 12.2 Å². The maximum atomic E-state index is 13.1. The number of halogens is 1. The molecule has 0 aromatic heterocycles. The van der Waals surface area contributed by atoms with Crippen molar-refractivity contribution in [1.82, 2.24) is 9.80 Å². The highest BCUT2D eigenvalue weighted by atomic mass is 32.2. The lowest BCUT2D eigenvalue weighted by atomic mass is 10.2. The third-order valence-electron chi connectivity index (χ3n) is 3.92. The van der Waals surface area contributed by atoms with Crippen LogP contribution in [0.5, 0.6) is 0 Å². The van der Waals surface area contributed by atoms with Crippen molar-refractivity contribution in [3.05, 3.63) is 30.1 Å². The largest absolute Gasteiger partial charge is 0.444 e. The molecule has 1 unspecified atom stereocenters. The van der Waals surface area contributed by atoms with Gasteiger partial charge < -0.3 is 14.5 Å². The number of benzene rings is 1. The minimum absolute atomic E-state index is 0.0406. The van der Waals surface area contributed by atoms with Gasteiger partial charge in [-0.05, 0) is 52.1 Å². The van der Waals surface area contributed by atoms with E-state index in [9.17, 15) is 17.6 Å². The second-order valence-electron chi connectivity index (χ2n) is 7.39. The van der Waals surface area contributed by atoms with Gasteiger partial charge in [0.25, 0.3) is 0 Å². The first-order valence-electron chi connectivity index (χ1n) is 8.56. The summed E-state index contributed by atoms with van der Waals surface area (Å²) < 4.78 is 44.3. The summed E-state index contributed by atoms with van der Waals surface area (Å²) in [5, 5.41) is -0.807. The lowest BCUT2D eigenvalue weighted by Crippen LogP contribution is -2.43. The normalized spacial score (nSPS) is 18.3. The van der Waals surface area contributed by atoms with Gasteiger partial charge in [-0.15, -0.1) is 0 Å². The summed E-state index contributed by atoms with van der Waals surface area (Å²) in [6.45, 7) is 6.57. The van der Waals surface area contributed by atoms with Crippen molar-refractivity contribution < 1.29 is 31.9 Å². The van der Waals surface area contributed by atoms with E-state index in [1.807, 2.05) is 11.9 Å². The lowest BCUT2D eigenvalue weighted by molar-refractivity contribution is -0.191. The van der Waals surface area contributed by atoms with Crippen LogP contribution >= 0.6 is 0 Å². The molecule has 0 bridgehead atoms. The van der Waals surface area contributed by atoms with Gasteiger partial charge in [0.2, 0.25) is 0 Å². The van der Waals surface area contributed by atoms with Crippen LogP contribution in [0.2, 0.25) is 0 Å². The summed E-state index contributed by atoms with van der Waals surface area (Å²) in [7, 11) is -1.89. The average Bonchev–Trinajstić information content (AvgIpc) is 2.77. The molecule has 0 N–H and O–H groups in total. The molecule has 10 heteroatoms. The zero-order valence-electron chi connectivity index (χ0n) is 16.3. The van der Waals surface area contributed by atoms with E-state index in [0.717, 1.165) is 12.1 Å². The van der Waals surface area contributed by atoms with Crippen LogP contribution < -0.4 is 0 Å². The van der Waals surface area contributed by atoms with Crippen molar-refractivity contribution in [3.8, 4) is 0 Å². The molecule has 1 aromatic carbocycles. The van der Waals surface area contributed by atoms with Gasteiger partial charge in [0.15, 0.2) is 9.84 Å². The molecule has 1 amide bonds. The molecule has 2 rings (SSSR count). The third kappa shape index (κ3) is 7.03. The Morgan fingerprint density at radius 1 is 1.14 bits per heavy atom. The second kappa shape index (κ2) is 9.77. The number of hydrogen-bond acceptors (Lipinski definition) is 7. The molecule has 156 valence electrons. The van der Waals surface area contributed by atoms with Gasteiger partial charge in [-0.3, -0.25) is 0 Å². The monoisotopic (exact) mass is 416 g/mol. The Morgan fingerprint density at radius 2 is 1.68 bits per heavy atom. The predicted molar refractivity (Wildman–Crippen MR) is 97.7 cm³/mol. The number of hydrogen-bond donors (Lipinski definition) is 0. The molecule has 8 nitrogen and oxygen atoms in total. The van der Waals surface area contributed by atoms with E-state index in [1.165, 1.54) is 17.0 Å². The van der Waals surface area contributed by atoms with Crippen molar-refractivity contribution in [2.45, 2.75) is 36.5 Å². The van der Waals surface area contributed by atoms with Crippen molar-refractivity contribution in [2.75, 3.05) is 33.2 Å². The van der Waals surface area contributed by atoms with E-state index in [0.29, 0.717) is 19.6 Å². The van der Waals surface area contributed by atoms with Crippen LogP contribution in [0.4, 0.5) is 9.18 Å². The minimum atomic E-state index is -3.70. The minimum Gasteiger partial charge on any atom is -0.444 e. The molecule has 0 aliphatic carbocycles. The molecule has 0 saturated carbocycles. The van der Waals surface area contributed by atoms with Crippen LogP contribution in [0, 0.1) is 5.82 Å². The lowest BCUT2D eigenvalue weighted by Gasteiger charge is -2.28. The van der Waals surface area contributed by atoms with Crippen molar-refractivity contribution in [2.24, 2.45) is 0 Å². The number of carbonyl (C=O) groups is 1. The quantitative estimate of drug-likeness (QED) is 0.675. The number of carbonyl (C=O) groups excluding carboxylic acids is 3. The number of likely N-dealkylation sites (N-methyl/N-ethyl adjacent to an activating group) is 1. The Morgan fingerprint density at radius 3 is 2.18 bits per heavy atom. The first-order chi connectivity index (χ1) is 12.9. The molecule has 1 fully saturated rings. The zero-order valence-corrected chi connectivity index (χ0v) is 17.2. The van der Waals surface area contributed by atoms with Gasteiger partial charge in [-0.1, -0.05) is 0 Å². The van der Waals surface area contributed by atoms with Crippen LogP contribution in [-0.2, 0) is 24.2 Å². The molecule has 28 heavy (non-hydrogen) atoms. The van der Waals surface area contributed by atoms with E-state index in [-0.39, 0.29) is 17.6 Å². The summed E-state index contributed by atoms with van der Waals surface area (Å²) in [5.74, 6) is -0.493. The molecule has 0 radical (unpaired) electrons. The van der Waals surface area contributed by atoms with Crippen LogP contribution in [0.25, 0.3) is 0 Å². The van der Waals surface area contributed by atoms with E-state index in [2.05, 4.69) is 0 Å². The molecule has 1 aliphatic rings. The SMILES string of the molecule is CN1CCN(C(=O)OC(C)(C)C)CC(S(=O)(=O)c2ccc(F)cc2)C1.O=C=O. The summed E-state index contributed by atoms with van der Waals surface area (Å²) in [6, 6.07) is 4.76. The Hall–Kier alpha value is -2.29. The van der Waals surface area contributed by atoms with Crippen LogP contribution in [0.3, 0.4) is 0 Å². The fourth-order valence-electron chi connectivity index (χ4n) is 2.63. The smallest absolute Gasteiger partial charge is 0.410 e. The average molecular weight is 416 g/mol. The van der Waals surface area contributed by atoms with E-state index < -0.39 is 32.6 Å². The van der Waals surface area contributed by atoms with Gasteiger partial charge in [-0.2, -0.15) is 9.59 Å². The maximum Gasteiger partial charge on any atom is 0.410 e. The Bertz CT molecular complexity index is 798. The topological polar surface area (TPSA) is 101 Å². The molecular weight excluding hydrogens is 391 g/mol. The third-order valence-corrected chi connectivity index (χ3v) is 6.03. The predicted octanol–water partition coefficient (Wildman–Crippen LogP) is 1.57. The van der Waals surface area contributed by atoms with Crippen LogP contribution in [0.1, 0.15) is 20.8 Å². The highest BCUT2D eigenvalue weighted by Crippen LogP contribution is 2.21. The first kappa shape index (κ1) is 23.7. The first-order valence-corrected chi connectivity index (χ1v) is 10.1. The number of amides is 1.